The van der Waals surface area contributed by atoms with Gasteiger partial charge < -0.3 is 68.5 Å². The van der Waals surface area contributed by atoms with Crippen molar-refractivity contribution in [1.29, 1.82) is 0 Å². The van der Waals surface area contributed by atoms with E-state index >= 15 is 0 Å². The van der Waals surface area contributed by atoms with Crippen LogP contribution >= 0.6 is 0 Å². The van der Waals surface area contributed by atoms with Crippen LogP contribution in [0.1, 0.15) is 118 Å². The van der Waals surface area contributed by atoms with Gasteiger partial charge in [-0.05, 0) is 105 Å². The van der Waals surface area contributed by atoms with Crippen LogP contribution in [0.4, 0.5) is 10.1 Å². The second-order valence-corrected chi connectivity index (χ2v) is 21.8. The van der Waals surface area contributed by atoms with Crippen LogP contribution in [0.3, 0.4) is 0 Å². The lowest BCUT2D eigenvalue weighted by Gasteiger charge is -2.49. The second kappa shape index (κ2) is 25.2. The Morgan fingerprint density at radius 3 is 2.25 bits per heavy atom. The number of ether oxygens (including phenoxy) is 7. The van der Waals surface area contributed by atoms with E-state index in [-0.39, 0.29) is 30.9 Å². The van der Waals surface area contributed by atoms with Crippen LogP contribution in [0.25, 0.3) is 0 Å². The summed E-state index contributed by atoms with van der Waals surface area (Å²) in [4.78, 5) is 29.0. The Morgan fingerprint density at radius 1 is 1.00 bits per heavy atom. The highest BCUT2D eigenvalue weighted by Gasteiger charge is 2.53. The lowest BCUT2D eigenvalue weighted by atomic mass is 9.77. The molecule has 0 aliphatic carbocycles. The monoisotopic (exact) mass is 1040 g/mol. The third-order valence-electron chi connectivity index (χ3n) is 15.9. The average Bonchev–Trinajstić information content (AvgIpc) is 3.81. The molecule has 0 unspecified atom stereocenters. The molecule has 1 aromatic heterocycles. The lowest BCUT2D eigenvalue weighted by Crippen LogP contribution is -2.61. The van der Waals surface area contributed by atoms with Gasteiger partial charge in [-0.1, -0.05) is 26.0 Å². The van der Waals surface area contributed by atoms with E-state index in [9.17, 15) is 44.8 Å². The summed E-state index contributed by atoms with van der Waals surface area (Å²) in [6.45, 7) is 17.2. The maximum atomic E-state index is 14.7. The second-order valence-electron chi connectivity index (χ2n) is 21.8. The molecule has 3 aliphatic heterocycles. The summed E-state index contributed by atoms with van der Waals surface area (Å²) < 4.78 is 59.9. The Bertz CT molecular complexity index is 2070. The van der Waals surface area contributed by atoms with Crippen molar-refractivity contribution in [3.63, 3.8) is 0 Å². The number of aliphatic hydroxyl groups excluding tert-OH is 3. The molecule has 5 N–H and O–H groups in total. The number of hydrogen-bond acceptors (Lipinski definition) is 19. The molecule has 20 atom stereocenters. The highest BCUT2D eigenvalue weighted by Crippen LogP contribution is 2.41. The predicted octanol–water partition coefficient (Wildman–Crippen LogP) is 3.91. The standard InChI is InChI=1S/C51H85FN6O15/c1-15-39-51(10,64)44(60)32(6)56(12)26-28(2)23-49(8,63)46(30(4)42(31(5)47(62)71-39)72-40-24-50(9,68-14)45(61)33(7)70-40)73-48-41(59)37(22-29(3)69-48)55(11)21-20-35-27-57(54-53-35)38(25-52)43(67-13)34-16-18-36(19-17-34)58(65)66/h16-19,27-33,37-46,48,59-61,63-64H,15,20-26H2,1-14H3/t28-,29-,30+,31-,32-,33+,37+,38-,39-,40+,41-,42+,43-,44-,45+,46-,48+,49-,50-,51-/m1/s1. The number of hydrogen-bond donors (Lipinski definition) is 5. The van der Waals surface area contributed by atoms with Crippen LogP contribution in [0.5, 0.6) is 0 Å². The normalized spacial score (nSPS) is 39.6. The zero-order valence-electron chi connectivity index (χ0n) is 45.2. The van der Waals surface area contributed by atoms with Crippen molar-refractivity contribution in [2.45, 2.75) is 204 Å². The van der Waals surface area contributed by atoms with E-state index in [1.54, 1.807) is 54.7 Å². The van der Waals surface area contributed by atoms with Crippen molar-refractivity contribution >= 4 is 11.7 Å². The largest absolute Gasteiger partial charge is 0.459 e. The van der Waals surface area contributed by atoms with Crippen molar-refractivity contribution in [3.8, 4) is 0 Å². The van der Waals surface area contributed by atoms with Gasteiger partial charge in [-0.2, -0.15) is 0 Å². The van der Waals surface area contributed by atoms with Crippen LogP contribution < -0.4 is 0 Å². The average molecular weight is 1040 g/mol. The van der Waals surface area contributed by atoms with Gasteiger partial charge in [0.2, 0.25) is 0 Å². The number of carbonyl (C=O) groups is 1. The Hall–Kier alpha value is -3.36. The number of alkyl halides is 1. The molecular weight excluding hydrogens is 956 g/mol. The number of nitro benzene ring substituents is 1. The fraction of sp³-hybridized carbons (Fsp3) is 0.824. The summed E-state index contributed by atoms with van der Waals surface area (Å²) in [5.41, 5.74) is -3.67. The summed E-state index contributed by atoms with van der Waals surface area (Å²) in [5.74, 6) is -2.95. The number of nitrogens with zero attached hydrogens (tertiary/aromatic N) is 6. The molecule has 0 spiro atoms. The first kappa shape index (κ1) is 60.5. The van der Waals surface area contributed by atoms with E-state index in [4.69, 9.17) is 33.2 Å². The van der Waals surface area contributed by atoms with Gasteiger partial charge in [0.1, 0.15) is 48.8 Å². The first-order chi connectivity index (χ1) is 34.1. The number of likely N-dealkylation sites (N-methyl/N-ethyl adjacent to an activating group) is 2. The third-order valence-corrected chi connectivity index (χ3v) is 15.9. The summed E-state index contributed by atoms with van der Waals surface area (Å²) >= 11 is 0. The number of nitro groups is 1. The number of rotatable bonds is 16. The molecule has 5 rings (SSSR count). The number of halogens is 1. The molecule has 2 aromatic rings. The number of aliphatic hydroxyl groups is 5. The molecule has 73 heavy (non-hydrogen) atoms. The molecule has 21 nitrogen and oxygen atoms in total. The van der Waals surface area contributed by atoms with Crippen LogP contribution in [-0.2, 0) is 44.4 Å². The van der Waals surface area contributed by atoms with Gasteiger partial charge in [0.05, 0.1) is 52.2 Å². The smallest absolute Gasteiger partial charge is 0.311 e. The highest BCUT2D eigenvalue weighted by atomic mass is 19.1. The Labute approximate surface area is 429 Å². The Morgan fingerprint density at radius 2 is 1.66 bits per heavy atom. The maximum absolute atomic E-state index is 14.7. The number of aromatic nitrogens is 3. The van der Waals surface area contributed by atoms with E-state index in [0.717, 1.165) is 0 Å². The van der Waals surface area contributed by atoms with Gasteiger partial charge >= 0.3 is 5.97 Å². The molecule has 0 amide bonds. The van der Waals surface area contributed by atoms with Gasteiger partial charge in [0.25, 0.3) is 5.69 Å². The quantitative estimate of drug-likeness (QED) is 0.0907. The topological polar surface area (TPSA) is 263 Å². The molecule has 4 heterocycles. The summed E-state index contributed by atoms with van der Waals surface area (Å²) in [6, 6.07) is 3.65. The van der Waals surface area contributed by atoms with Crippen molar-refractivity contribution in [2.75, 3.05) is 48.1 Å². The van der Waals surface area contributed by atoms with Crippen molar-refractivity contribution in [1.82, 2.24) is 24.8 Å². The third kappa shape index (κ3) is 14.0. The van der Waals surface area contributed by atoms with E-state index < -0.39 is 132 Å². The maximum Gasteiger partial charge on any atom is 0.311 e. The van der Waals surface area contributed by atoms with Crippen LogP contribution in [-0.4, -0.2) is 200 Å². The molecule has 416 valence electrons. The minimum Gasteiger partial charge on any atom is -0.459 e. The number of esters is 1. The summed E-state index contributed by atoms with van der Waals surface area (Å²) in [5, 5.41) is 79.5. The minimum atomic E-state index is -1.86. The van der Waals surface area contributed by atoms with Gasteiger partial charge in [-0.3, -0.25) is 14.9 Å². The molecule has 3 fully saturated rings. The SMILES string of the molecule is CC[C@H]1OC(=O)[C@H](C)[C@@H](O[C@H]2C[C@@](C)(OC)[C@@H](O)[C@H](C)O2)[C@H](C)[C@@H](O[C@@H]2O[C@H](C)C[C@H](N(C)CCc3cn([C@H](CF)[C@H](OC)c4ccc([N+](=O)[O-])cc4)nn3)[C@H]2O)[C@](C)(O)C[C@@H](C)CN(C)[C@H](C)[C@@H](O)[C@]1(C)O. The zero-order chi connectivity index (χ0) is 54.5. The van der Waals surface area contributed by atoms with Gasteiger partial charge in [0.15, 0.2) is 12.6 Å². The number of methoxy groups -OCH3 is 2. The molecule has 3 saturated heterocycles. The fourth-order valence-corrected chi connectivity index (χ4v) is 11.3. The van der Waals surface area contributed by atoms with Gasteiger partial charge in [-0.15, -0.1) is 5.10 Å². The van der Waals surface area contributed by atoms with Crippen molar-refractivity contribution < 1.29 is 72.8 Å². The molecule has 22 heteroatoms. The van der Waals surface area contributed by atoms with E-state index in [1.165, 1.54) is 50.1 Å². The number of non-ortho nitro benzene ring substituents is 1. The van der Waals surface area contributed by atoms with Crippen molar-refractivity contribution in [2.24, 2.45) is 17.8 Å². The van der Waals surface area contributed by atoms with E-state index in [0.29, 0.717) is 37.2 Å². The zero-order valence-corrected chi connectivity index (χ0v) is 45.2. The highest BCUT2D eigenvalue weighted by molar-refractivity contribution is 5.73. The molecule has 1 aromatic carbocycles. The Balaban J connectivity index is 1.44. The van der Waals surface area contributed by atoms with Gasteiger partial charge in [0, 0.05) is 76.5 Å². The summed E-state index contributed by atoms with van der Waals surface area (Å²) in [7, 11) is 6.57. The number of cyclic esters (lactones) is 1. The van der Waals surface area contributed by atoms with E-state index in [2.05, 4.69) is 10.3 Å². The molecule has 0 bridgehead atoms. The first-order valence-corrected chi connectivity index (χ1v) is 25.6. The molecular formula is C51H85FN6O15. The van der Waals surface area contributed by atoms with E-state index in [1.807, 2.05) is 37.7 Å². The number of benzene rings is 1. The molecule has 0 saturated carbocycles. The molecule has 0 radical (unpaired) electrons. The van der Waals surface area contributed by atoms with Gasteiger partial charge in [-0.25, -0.2) is 9.07 Å². The minimum absolute atomic E-state index is 0.0697. The van der Waals surface area contributed by atoms with Crippen molar-refractivity contribution in [3.05, 3.63) is 51.8 Å². The number of carbonyl (C=O) groups excluding carboxylic acids is 1. The van der Waals surface area contributed by atoms with Crippen LogP contribution in [0.15, 0.2) is 30.5 Å². The van der Waals surface area contributed by atoms with Crippen LogP contribution in [0, 0.1) is 27.9 Å². The summed E-state index contributed by atoms with van der Waals surface area (Å²) in [6.07, 6.45) is -8.57. The Kier molecular flexibility index (Phi) is 20.9. The first-order valence-electron chi connectivity index (χ1n) is 25.6. The van der Waals surface area contributed by atoms with Crippen LogP contribution in [0.2, 0.25) is 0 Å². The molecule has 3 aliphatic rings. The predicted molar refractivity (Wildman–Crippen MR) is 265 cm³/mol. The fourth-order valence-electron chi connectivity index (χ4n) is 11.3. The lowest BCUT2D eigenvalue weighted by molar-refractivity contribution is -0.384.